The van der Waals surface area contributed by atoms with Gasteiger partial charge in [-0.25, -0.2) is 0 Å². The van der Waals surface area contributed by atoms with Gasteiger partial charge in [-0.3, -0.25) is 9.59 Å². The Kier molecular flexibility index (Phi) is 5.16. The molecule has 1 aliphatic rings. The Morgan fingerprint density at radius 3 is 2.54 bits per heavy atom. The van der Waals surface area contributed by atoms with Crippen LogP contribution in [0.4, 0.5) is 0 Å². The Bertz CT molecular complexity index is 859. The Balaban J connectivity index is 1.92. The standard InChI is InChI=1S/C19H21NO6/c1-23-12-6-7-13(16(9-12)24-2)14-5-4-8-20(14)19(22)17-10-15(21)18(25-3)11-26-17/h6-7,9-11,14H,4-5,8H2,1-3H3/t14-/m1/s1. The minimum absolute atomic E-state index is 0.00446. The Morgan fingerprint density at radius 1 is 1.12 bits per heavy atom. The van der Waals surface area contributed by atoms with E-state index in [0.717, 1.165) is 24.7 Å². The lowest BCUT2D eigenvalue weighted by Crippen LogP contribution is -2.31. The van der Waals surface area contributed by atoms with Crippen LogP contribution in [0.5, 0.6) is 17.2 Å². The molecule has 1 aliphatic heterocycles. The number of hydrogen-bond donors (Lipinski definition) is 0. The number of likely N-dealkylation sites (tertiary alicyclic amines) is 1. The summed E-state index contributed by atoms with van der Waals surface area (Å²) in [4.78, 5) is 26.5. The number of rotatable bonds is 5. The lowest BCUT2D eigenvalue weighted by molar-refractivity contribution is 0.0698. The van der Waals surface area contributed by atoms with Gasteiger partial charge in [-0.2, -0.15) is 0 Å². The number of carbonyl (C=O) groups excluding carboxylic acids is 1. The number of benzene rings is 1. The predicted octanol–water partition coefficient (Wildman–Crippen LogP) is 2.64. The highest BCUT2D eigenvalue weighted by atomic mass is 16.5. The van der Waals surface area contributed by atoms with E-state index in [4.69, 9.17) is 18.6 Å². The van der Waals surface area contributed by atoms with Crippen LogP contribution in [0.25, 0.3) is 0 Å². The molecule has 2 heterocycles. The maximum atomic E-state index is 12.9. The number of amides is 1. The second kappa shape index (κ2) is 7.51. The van der Waals surface area contributed by atoms with Crippen molar-refractivity contribution in [2.45, 2.75) is 18.9 Å². The van der Waals surface area contributed by atoms with E-state index in [2.05, 4.69) is 0 Å². The molecule has 1 amide bonds. The van der Waals surface area contributed by atoms with Crippen LogP contribution in [0, 0.1) is 0 Å². The Morgan fingerprint density at radius 2 is 1.88 bits per heavy atom. The summed E-state index contributed by atoms with van der Waals surface area (Å²) in [5.41, 5.74) is 0.509. The zero-order chi connectivity index (χ0) is 18.7. The average Bonchev–Trinajstić information content (AvgIpc) is 3.16. The van der Waals surface area contributed by atoms with E-state index in [1.807, 2.05) is 12.1 Å². The van der Waals surface area contributed by atoms with Gasteiger partial charge in [-0.05, 0) is 25.0 Å². The van der Waals surface area contributed by atoms with E-state index in [1.165, 1.54) is 13.2 Å². The number of nitrogens with zero attached hydrogens (tertiary/aromatic N) is 1. The summed E-state index contributed by atoms with van der Waals surface area (Å²) in [7, 11) is 4.55. The van der Waals surface area contributed by atoms with Gasteiger partial charge < -0.3 is 23.5 Å². The van der Waals surface area contributed by atoms with E-state index in [1.54, 1.807) is 25.2 Å². The van der Waals surface area contributed by atoms with E-state index in [-0.39, 0.29) is 28.9 Å². The molecular formula is C19H21NO6. The van der Waals surface area contributed by atoms with Crippen LogP contribution in [0.3, 0.4) is 0 Å². The maximum Gasteiger partial charge on any atom is 0.290 e. The van der Waals surface area contributed by atoms with Gasteiger partial charge in [0, 0.05) is 24.2 Å². The van der Waals surface area contributed by atoms with E-state index in [0.29, 0.717) is 18.0 Å². The van der Waals surface area contributed by atoms with Gasteiger partial charge in [0.05, 0.1) is 27.4 Å². The normalized spacial score (nSPS) is 16.4. The number of ether oxygens (including phenoxy) is 3. The fourth-order valence-corrected chi connectivity index (χ4v) is 3.23. The van der Waals surface area contributed by atoms with Crippen molar-refractivity contribution in [1.29, 1.82) is 0 Å². The zero-order valence-electron chi connectivity index (χ0n) is 15.0. The third-order valence-corrected chi connectivity index (χ3v) is 4.54. The van der Waals surface area contributed by atoms with Gasteiger partial charge in [0.2, 0.25) is 11.2 Å². The fourth-order valence-electron chi connectivity index (χ4n) is 3.23. The lowest BCUT2D eigenvalue weighted by atomic mass is 10.0. The molecule has 138 valence electrons. The summed E-state index contributed by atoms with van der Waals surface area (Å²) in [5, 5.41) is 0. The molecule has 0 N–H and O–H groups in total. The van der Waals surface area contributed by atoms with Crippen molar-refractivity contribution in [1.82, 2.24) is 4.90 Å². The average molecular weight is 359 g/mol. The van der Waals surface area contributed by atoms with Crippen LogP contribution in [-0.2, 0) is 0 Å². The van der Waals surface area contributed by atoms with Crippen molar-refractivity contribution in [2.75, 3.05) is 27.9 Å². The zero-order valence-corrected chi connectivity index (χ0v) is 15.0. The smallest absolute Gasteiger partial charge is 0.290 e. The van der Waals surface area contributed by atoms with Gasteiger partial charge in [-0.1, -0.05) is 0 Å². The van der Waals surface area contributed by atoms with Gasteiger partial charge in [0.1, 0.15) is 17.8 Å². The number of methoxy groups -OCH3 is 3. The first-order valence-electron chi connectivity index (χ1n) is 8.28. The monoisotopic (exact) mass is 359 g/mol. The molecule has 0 aliphatic carbocycles. The van der Waals surface area contributed by atoms with Crippen molar-refractivity contribution < 1.29 is 23.4 Å². The molecule has 7 nitrogen and oxygen atoms in total. The second-order valence-electron chi connectivity index (χ2n) is 5.94. The Labute approximate surface area is 151 Å². The van der Waals surface area contributed by atoms with Crippen LogP contribution in [-0.4, -0.2) is 38.7 Å². The van der Waals surface area contributed by atoms with Crippen molar-refractivity contribution >= 4 is 5.91 Å². The highest BCUT2D eigenvalue weighted by molar-refractivity contribution is 5.92. The summed E-state index contributed by atoms with van der Waals surface area (Å²) in [5.74, 6) is 1.07. The van der Waals surface area contributed by atoms with E-state index >= 15 is 0 Å². The fraction of sp³-hybridized carbons (Fsp3) is 0.368. The molecule has 0 saturated carbocycles. The SMILES string of the molecule is COc1ccc([C@H]2CCCN2C(=O)c2cc(=O)c(OC)co2)c(OC)c1. The van der Waals surface area contributed by atoms with Crippen LogP contribution < -0.4 is 19.6 Å². The molecule has 2 aromatic rings. The molecule has 0 unspecified atom stereocenters. The van der Waals surface area contributed by atoms with Crippen molar-refractivity contribution in [3.63, 3.8) is 0 Å². The molecule has 0 spiro atoms. The summed E-state index contributed by atoms with van der Waals surface area (Å²) >= 11 is 0. The first-order chi connectivity index (χ1) is 12.6. The summed E-state index contributed by atoms with van der Waals surface area (Å²) in [6.07, 6.45) is 2.81. The molecule has 0 radical (unpaired) electrons. The summed E-state index contributed by atoms with van der Waals surface area (Å²) in [6.45, 7) is 0.578. The third kappa shape index (κ3) is 3.24. The molecule has 1 aromatic heterocycles. The molecule has 3 rings (SSSR count). The summed E-state index contributed by atoms with van der Waals surface area (Å²) < 4.78 is 20.9. The first-order valence-corrected chi connectivity index (χ1v) is 8.28. The molecule has 1 aromatic carbocycles. The number of carbonyl (C=O) groups is 1. The summed E-state index contributed by atoms with van der Waals surface area (Å²) in [6, 6.07) is 6.55. The predicted molar refractivity (Wildman–Crippen MR) is 94.1 cm³/mol. The minimum Gasteiger partial charge on any atom is -0.497 e. The molecule has 26 heavy (non-hydrogen) atoms. The lowest BCUT2D eigenvalue weighted by Gasteiger charge is -2.26. The van der Waals surface area contributed by atoms with E-state index in [9.17, 15) is 9.59 Å². The van der Waals surface area contributed by atoms with Crippen LogP contribution in [0.15, 0.2) is 39.7 Å². The molecule has 1 fully saturated rings. The van der Waals surface area contributed by atoms with Gasteiger partial charge in [0.25, 0.3) is 5.91 Å². The van der Waals surface area contributed by atoms with Gasteiger partial charge >= 0.3 is 0 Å². The minimum atomic E-state index is -0.389. The van der Waals surface area contributed by atoms with Gasteiger partial charge in [0.15, 0.2) is 5.76 Å². The molecule has 1 saturated heterocycles. The second-order valence-corrected chi connectivity index (χ2v) is 5.94. The molecular weight excluding hydrogens is 338 g/mol. The van der Waals surface area contributed by atoms with Gasteiger partial charge in [-0.15, -0.1) is 0 Å². The third-order valence-electron chi connectivity index (χ3n) is 4.54. The highest BCUT2D eigenvalue weighted by Crippen LogP contribution is 2.39. The molecule has 1 atom stereocenters. The van der Waals surface area contributed by atoms with Crippen LogP contribution in [0.2, 0.25) is 0 Å². The highest BCUT2D eigenvalue weighted by Gasteiger charge is 2.33. The number of hydrogen-bond acceptors (Lipinski definition) is 6. The van der Waals surface area contributed by atoms with Crippen LogP contribution >= 0.6 is 0 Å². The van der Waals surface area contributed by atoms with E-state index < -0.39 is 0 Å². The topological polar surface area (TPSA) is 78.2 Å². The van der Waals surface area contributed by atoms with Crippen molar-refractivity contribution in [2.24, 2.45) is 0 Å². The Hall–Kier alpha value is -2.96. The van der Waals surface area contributed by atoms with Crippen LogP contribution in [0.1, 0.15) is 35.0 Å². The van der Waals surface area contributed by atoms with Crippen molar-refractivity contribution in [3.05, 3.63) is 52.1 Å². The largest absolute Gasteiger partial charge is 0.497 e. The first kappa shape index (κ1) is 17.8. The quantitative estimate of drug-likeness (QED) is 0.817. The molecule has 7 heteroatoms. The molecule has 0 bridgehead atoms. The van der Waals surface area contributed by atoms with Crippen molar-refractivity contribution in [3.8, 4) is 17.2 Å². The maximum absolute atomic E-state index is 12.9.